The Kier molecular flexibility index (Phi) is 25.7. The SMILES string of the molecule is C=CCC1O[C@H](OC[C@H](NC(=O)C#CC#CC#CC#CC#CC#CC#CC#CC#CC#CC#CC#CC)[C@H](O)CCCCCC)C(C=C)[C@@H](C=C)[C@H]1C=C. The molecule has 1 rings (SSSR count). The van der Waals surface area contributed by atoms with Gasteiger partial charge in [-0.15, -0.1) is 26.3 Å². The molecule has 0 radical (unpaired) electrons. The van der Waals surface area contributed by atoms with E-state index < -0.39 is 24.3 Å². The molecule has 1 amide bonds. The first kappa shape index (κ1) is 45.1. The molecule has 54 heavy (non-hydrogen) atoms. The number of aliphatic hydroxyl groups excluding tert-OH is 1. The van der Waals surface area contributed by atoms with Crippen molar-refractivity contribution in [2.75, 3.05) is 6.61 Å². The summed E-state index contributed by atoms with van der Waals surface area (Å²) >= 11 is 0. The van der Waals surface area contributed by atoms with Crippen LogP contribution in [-0.2, 0) is 14.3 Å². The molecule has 5 nitrogen and oxygen atoms in total. The fourth-order valence-electron chi connectivity index (χ4n) is 4.87. The van der Waals surface area contributed by atoms with Gasteiger partial charge in [-0.05, 0) is 120 Å². The van der Waals surface area contributed by atoms with Crippen LogP contribution in [0.3, 0.4) is 0 Å². The Bertz CT molecular complexity index is 2130. The van der Waals surface area contributed by atoms with Gasteiger partial charge in [0.2, 0.25) is 0 Å². The van der Waals surface area contributed by atoms with Crippen LogP contribution in [0.15, 0.2) is 50.6 Å². The summed E-state index contributed by atoms with van der Waals surface area (Å²) in [6.45, 7) is 19.6. The molecule has 5 heteroatoms. The summed E-state index contributed by atoms with van der Waals surface area (Å²) in [4.78, 5) is 12.7. The third kappa shape index (κ3) is 20.0. The van der Waals surface area contributed by atoms with Gasteiger partial charge >= 0.3 is 0 Å². The van der Waals surface area contributed by atoms with Gasteiger partial charge in [0.1, 0.15) is 0 Å². The van der Waals surface area contributed by atoms with Gasteiger partial charge < -0.3 is 19.9 Å². The molecule has 1 fully saturated rings. The van der Waals surface area contributed by atoms with E-state index >= 15 is 0 Å². The Morgan fingerprint density at radius 3 is 1.57 bits per heavy atom. The number of hydrogen-bond acceptors (Lipinski definition) is 4. The normalized spacial score (nSPS) is 17.4. The van der Waals surface area contributed by atoms with E-state index in [-0.39, 0.29) is 30.5 Å². The first-order valence-corrected chi connectivity index (χ1v) is 17.1. The number of aliphatic hydroxyl groups is 1. The molecule has 0 aromatic heterocycles. The molecule has 0 aromatic rings. The van der Waals surface area contributed by atoms with Crippen molar-refractivity contribution < 1.29 is 19.4 Å². The summed E-state index contributed by atoms with van der Waals surface area (Å²) in [5.41, 5.74) is 0. The molecular weight excluding hydrogens is 667 g/mol. The maximum absolute atomic E-state index is 12.7. The standard InChI is InChI=1S/C49H41NO4/c1-7-13-15-17-18-19-20-21-22-23-24-25-26-27-28-29-30-31-32-33-34-35-37-40-48(52)50-45(46(51)39-36-16-14-8-2)41-53-49-44(12-6)42(10-4)43(11-5)47(54-49)38-9-3/h9-12,42-47,49,51H,3-6,8,14,16,36,38-39,41H2,1-2H3,(H,50,52)/t42-,43+,44?,45-,46+,47?,49-/m0/s1. The van der Waals surface area contributed by atoms with E-state index in [1.807, 2.05) is 12.2 Å². The Morgan fingerprint density at radius 2 is 1.15 bits per heavy atom. The van der Waals surface area contributed by atoms with Crippen molar-refractivity contribution in [1.29, 1.82) is 0 Å². The van der Waals surface area contributed by atoms with Crippen LogP contribution in [0.2, 0.25) is 0 Å². The fourth-order valence-corrected chi connectivity index (χ4v) is 4.87. The molecule has 1 heterocycles. The molecular formula is C49H41NO4. The summed E-state index contributed by atoms with van der Waals surface area (Å²) in [5.74, 6) is 59.5. The second-order valence-electron chi connectivity index (χ2n) is 11.0. The van der Waals surface area contributed by atoms with Crippen molar-refractivity contribution in [3.63, 3.8) is 0 Å². The van der Waals surface area contributed by atoms with Crippen LogP contribution >= 0.6 is 0 Å². The Balaban J connectivity index is 2.83. The first-order chi connectivity index (χ1) is 26.5. The minimum Gasteiger partial charge on any atom is -0.391 e. The molecule has 2 N–H and O–H groups in total. The largest absolute Gasteiger partial charge is 0.391 e. The van der Waals surface area contributed by atoms with Gasteiger partial charge in [0.05, 0.1) is 24.9 Å². The molecule has 0 aliphatic carbocycles. The average molecular weight is 708 g/mol. The summed E-state index contributed by atoms with van der Waals surface area (Å²) in [5, 5.41) is 13.8. The van der Waals surface area contributed by atoms with E-state index in [0.29, 0.717) is 12.8 Å². The molecule has 1 aliphatic rings. The number of carbonyl (C=O) groups is 1. The second-order valence-corrected chi connectivity index (χ2v) is 11.0. The van der Waals surface area contributed by atoms with Crippen LogP contribution in [0, 0.1) is 160 Å². The van der Waals surface area contributed by atoms with Crippen LogP contribution in [0.5, 0.6) is 0 Å². The quantitative estimate of drug-likeness (QED) is 0.149. The molecule has 1 saturated heterocycles. The highest BCUT2D eigenvalue weighted by Crippen LogP contribution is 2.39. The predicted octanol–water partition coefficient (Wildman–Crippen LogP) is 4.59. The first-order valence-electron chi connectivity index (χ1n) is 17.1. The number of ether oxygens (including phenoxy) is 2. The van der Waals surface area contributed by atoms with Crippen LogP contribution in [0.25, 0.3) is 0 Å². The highest BCUT2D eigenvalue weighted by Gasteiger charge is 2.42. The maximum atomic E-state index is 12.7. The smallest absolute Gasteiger partial charge is 0.297 e. The topological polar surface area (TPSA) is 67.8 Å². The number of carbonyl (C=O) groups excluding carboxylic acids is 1. The molecule has 1 aliphatic heterocycles. The minimum atomic E-state index is -0.861. The minimum absolute atomic E-state index is 0.000300. The Hall–Kier alpha value is -6.97. The van der Waals surface area contributed by atoms with E-state index in [1.165, 1.54) is 0 Å². The van der Waals surface area contributed by atoms with Gasteiger partial charge in [-0.2, -0.15) is 0 Å². The average Bonchev–Trinajstić information content (AvgIpc) is 3.17. The lowest BCUT2D eigenvalue weighted by atomic mass is 9.75. The molecule has 7 atom stereocenters. The molecule has 0 aromatic carbocycles. The molecule has 0 spiro atoms. The summed E-state index contributed by atoms with van der Waals surface area (Å²) in [6, 6.07) is -0.738. The zero-order valence-electron chi connectivity index (χ0n) is 30.8. The van der Waals surface area contributed by atoms with Gasteiger partial charge in [-0.25, -0.2) is 0 Å². The molecule has 0 saturated carbocycles. The number of hydrogen-bond donors (Lipinski definition) is 2. The molecule has 2 unspecified atom stereocenters. The Morgan fingerprint density at radius 1 is 0.685 bits per heavy atom. The van der Waals surface area contributed by atoms with Crippen LogP contribution < -0.4 is 5.32 Å². The van der Waals surface area contributed by atoms with E-state index in [0.717, 1.165) is 25.7 Å². The van der Waals surface area contributed by atoms with Crippen molar-refractivity contribution in [2.24, 2.45) is 17.8 Å². The van der Waals surface area contributed by atoms with Gasteiger partial charge in [-0.3, -0.25) is 4.79 Å². The van der Waals surface area contributed by atoms with Gasteiger partial charge in [0, 0.05) is 53.3 Å². The third-order valence-electron chi connectivity index (χ3n) is 7.34. The van der Waals surface area contributed by atoms with Crippen molar-refractivity contribution in [3.8, 4) is 142 Å². The van der Waals surface area contributed by atoms with Gasteiger partial charge in [-0.1, -0.05) is 62.8 Å². The number of unbranched alkanes of at least 4 members (excludes halogenated alkanes) is 3. The zero-order chi connectivity index (χ0) is 39.5. The van der Waals surface area contributed by atoms with Crippen molar-refractivity contribution in [3.05, 3.63) is 50.6 Å². The van der Waals surface area contributed by atoms with Crippen molar-refractivity contribution in [2.45, 2.75) is 76.9 Å². The van der Waals surface area contributed by atoms with Crippen molar-refractivity contribution >= 4 is 5.91 Å². The van der Waals surface area contributed by atoms with E-state index in [9.17, 15) is 9.90 Å². The monoisotopic (exact) mass is 707 g/mol. The maximum Gasteiger partial charge on any atom is 0.297 e. The third-order valence-corrected chi connectivity index (χ3v) is 7.34. The fraction of sp³-hybridized carbons (Fsp3) is 0.327. The lowest BCUT2D eigenvalue weighted by molar-refractivity contribution is -0.236. The molecule has 266 valence electrons. The lowest BCUT2D eigenvalue weighted by Gasteiger charge is -2.44. The summed E-state index contributed by atoms with van der Waals surface area (Å²) in [7, 11) is 0. The summed E-state index contributed by atoms with van der Waals surface area (Å²) < 4.78 is 12.5. The predicted molar refractivity (Wildman–Crippen MR) is 216 cm³/mol. The van der Waals surface area contributed by atoms with Gasteiger partial charge in [0.15, 0.2) is 6.29 Å². The highest BCUT2D eigenvalue weighted by molar-refractivity contribution is 5.94. The number of amides is 1. The lowest BCUT2D eigenvalue weighted by Crippen LogP contribution is -2.50. The van der Waals surface area contributed by atoms with E-state index in [1.54, 1.807) is 19.1 Å². The zero-order valence-corrected chi connectivity index (χ0v) is 30.8. The van der Waals surface area contributed by atoms with Crippen molar-refractivity contribution in [1.82, 2.24) is 5.32 Å². The Labute approximate surface area is 323 Å². The second kappa shape index (κ2) is 30.8. The van der Waals surface area contributed by atoms with E-state index in [4.69, 9.17) is 9.47 Å². The van der Waals surface area contributed by atoms with E-state index in [2.05, 4.69) is 181 Å². The van der Waals surface area contributed by atoms with Crippen LogP contribution in [-0.4, -0.2) is 42.2 Å². The number of nitrogens with one attached hydrogen (secondary N) is 1. The van der Waals surface area contributed by atoms with Crippen LogP contribution in [0.4, 0.5) is 0 Å². The van der Waals surface area contributed by atoms with Crippen LogP contribution in [0.1, 0.15) is 52.4 Å². The summed E-state index contributed by atoms with van der Waals surface area (Å²) in [6.07, 6.45) is 10.5. The van der Waals surface area contributed by atoms with Gasteiger partial charge in [0.25, 0.3) is 5.91 Å². The number of allylic oxidation sites excluding steroid dienone is 1. The number of rotatable bonds is 15. The molecule has 0 bridgehead atoms. The highest BCUT2D eigenvalue weighted by atomic mass is 16.7.